The van der Waals surface area contributed by atoms with Gasteiger partial charge in [0, 0.05) is 28.8 Å². The van der Waals surface area contributed by atoms with Crippen LogP contribution in [0.25, 0.3) is 0 Å². The molecule has 2 N–H and O–H groups in total. The zero-order valence-corrected chi connectivity index (χ0v) is 9.38. The van der Waals surface area contributed by atoms with Gasteiger partial charge < -0.3 is 5.73 Å². The fourth-order valence-electron chi connectivity index (χ4n) is 1.52. The normalized spacial score (nSPS) is 28.2. The van der Waals surface area contributed by atoms with Crippen molar-refractivity contribution < 1.29 is 0 Å². The lowest BCUT2D eigenvalue weighted by Gasteiger charge is -2.18. The Bertz CT molecular complexity index is 290. The highest BCUT2D eigenvalue weighted by atomic mass is 32.2. The minimum absolute atomic E-state index is 0.322. The van der Waals surface area contributed by atoms with Crippen LogP contribution in [0.5, 0.6) is 0 Å². The predicted octanol–water partition coefficient (Wildman–Crippen LogP) is 2.00. The van der Waals surface area contributed by atoms with Crippen LogP contribution in [0.3, 0.4) is 0 Å². The first-order valence-corrected chi connectivity index (χ1v) is 6.45. The molecule has 1 atom stereocenters. The molecule has 0 spiro atoms. The number of nitrogens with two attached hydrogens (primary N) is 1. The van der Waals surface area contributed by atoms with Crippen LogP contribution in [0.2, 0.25) is 0 Å². The summed E-state index contributed by atoms with van der Waals surface area (Å²) in [6, 6.07) is 0. The topological polar surface area (TPSA) is 38.9 Å². The maximum absolute atomic E-state index is 5.57. The van der Waals surface area contributed by atoms with E-state index in [1.54, 1.807) is 11.3 Å². The predicted molar refractivity (Wildman–Crippen MR) is 59.3 cm³/mol. The molecule has 0 aromatic carbocycles. The first-order valence-electron chi connectivity index (χ1n) is 4.47. The molecule has 72 valence electrons. The van der Waals surface area contributed by atoms with E-state index >= 15 is 0 Å². The van der Waals surface area contributed by atoms with Gasteiger partial charge in [-0.05, 0) is 12.2 Å². The Morgan fingerprint density at radius 2 is 2.54 bits per heavy atom. The van der Waals surface area contributed by atoms with Gasteiger partial charge in [0.1, 0.15) is 0 Å². The van der Waals surface area contributed by atoms with Gasteiger partial charge in [0.15, 0.2) is 0 Å². The van der Waals surface area contributed by atoms with Gasteiger partial charge in [0.05, 0.1) is 5.01 Å². The van der Waals surface area contributed by atoms with Crippen molar-refractivity contribution in [3.8, 4) is 0 Å². The summed E-state index contributed by atoms with van der Waals surface area (Å²) >= 11 is 3.81. The van der Waals surface area contributed by atoms with Gasteiger partial charge in [0.25, 0.3) is 0 Å². The highest BCUT2D eigenvalue weighted by Crippen LogP contribution is 2.40. The lowest BCUT2D eigenvalue weighted by molar-refractivity contribution is 0.537. The van der Waals surface area contributed by atoms with Crippen LogP contribution in [-0.4, -0.2) is 16.5 Å². The summed E-state index contributed by atoms with van der Waals surface area (Å²) in [5, 5.41) is 1.28. The standard InChI is InChI=1S/C9H14N2S2/c1-9(2-3-12-6-9)8-11-5-7(4-10)13-8/h5H,2-4,6,10H2,1H3. The Balaban J connectivity index is 2.23. The van der Waals surface area contributed by atoms with Gasteiger partial charge in [-0.15, -0.1) is 11.3 Å². The Morgan fingerprint density at radius 1 is 1.69 bits per heavy atom. The summed E-state index contributed by atoms with van der Waals surface area (Å²) in [5.74, 6) is 2.48. The van der Waals surface area contributed by atoms with Gasteiger partial charge in [-0.2, -0.15) is 11.8 Å². The highest BCUT2D eigenvalue weighted by molar-refractivity contribution is 7.99. The van der Waals surface area contributed by atoms with E-state index in [-0.39, 0.29) is 0 Å². The molecule has 1 unspecified atom stereocenters. The quantitative estimate of drug-likeness (QED) is 0.818. The number of rotatable bonds is 2. The molecule has 2 nitrogen and oxygen atoms in total. The number of thiazole rings is 1. The molecule has 0 aliphatic carbocycles. The van der Waals surface area contributed by atoms with Crippen LogP contribution in [0.15, 0.2) is 6.20 Å². The van der Waals surface area contributed by atoms with Crippen LogP contribution >= 0.6 is 23.1 Å². The maximum Gasteiger partial charge on any atom is 0.0995 e. The van der Waals surface area contributed by atoms with E-state index in [1.165, 1.54) is 27.8 Å². The van der Waals surface area contributed by atoms with E-state index in [0.717, 1.165) is 0 Å². The molecular weight excluding hydrogens is 200 g/mol. The average Bonchev–Trinajstić information content (AvgIpc) is 2.72. The Hall–Kier alpha value is -0.0600. The average molecular weight is 214 g/mol. The third-order valence-electron chi connectivity index (χ3n) is 2.49. The van der Waals surface area contributed by atoms with Gasteiger partial charge in [-0.3, -0.25) is 0 Å². The first-order chi connectivity index (χ1) is 6.24. The molecule has 1 fully saturated rings. The number of aromatic nitrogens is 1. The third kappa shape index (κ3) is 1.75. The minimum Gasteiger partial charge on any atom is -0.326 e. The molecule has 13 heavy (non-hydrogen) atoms. The second-order valence-corrected chi connectivity index (χ2v) is 5.92. The van der Waals surface area contributed by atoms with Crippen molar-refractivity contribution in [2.45, 2.75) is 25.3 Å². The van der Waals surface area contributed by atoms with Gasteiger partial charge >= 0.3 is 0 Å². The van der Waals surface area contributed by atoms with E-state index in [4.69, 9.17) is 5.73 Å². The van der Waals surface area contributed by atoms with Crippen LogP contribution in [0.1, 0.15) is 23.2 Å². The van der Waals surface area contributed by atoms with Crippen LogP contribution < -0.4 is 5.73 Å². The largest absolute Gasteiger partial charge is 0.326 e. The van der Waals surface area contributed by atoms with Crippen molar-refractivity contribution in [2.75, 3.05) is 11.5 Å². The Kier molecular flexibility index (Phi) is 2.62. The smallest absolute Gasteiger partial charge is 0.0995 e. The molecule has 1 aliphatic rings. The third-order valence-corrected chi connectivity index (χ3v) is 5.15. The van der Waals surface area contributed by atoms with Crippen molar-refractivity contribution in [1.29, 1.82) is 0 Å². The molecular formula is C9H14N2S2. The van der Waals surface area contributed by atoms with Crippen molar-refractivity contribution in [3.63, 3.8) is 0 Å². The molecule has 0 saturated carbocycles. The van der Waals surface area contributed by atoms with Gasteiger partial charge in [-0.25, -0.2) is 4.98 Å². The Labute approximate surface area is 86.9 Å². The number of hydrogen-bond acceptors (Lipinski definition) is 4. The van der Waals surface area contributed by atoms with E-state index in [0.29, 0.717) is 12.0 Å². The summed E-state index contributed by atoms with van der Waals surface area (Å²) in [6.07, 6.45) is 3.18. The van der Waals surface area contributed by atoms with E-state index in [2.05, 4.69) is 11.9 Å². The molecule has 4 heteroatoms. The van der Waals surface area contributed by atoms with E-state index in [1.807, 2.05) is 18.0 Å². The van der Waals surface area contributed by atoms with Crippen LogP contribution in [0.4, 0.5) is 0 Å². The van der Waals surface area contributed by atoms with E-state index < -0.39 is 0 Å². The monoisotopic (exact) mass is 214 g/mol. The second-order valence-electron chi connectivity index (χ2n) is 3.70. The molecule has 0 bridgehead atoms. The lowest BCUT2D eigenvalue weighted by atomic mass is 9.91. The molecule has 1 aromatic heterocycles. The van der Waals surface area contributed by atoms with Crippen molar-refractivity contribution >= 4 is 23.1 Å². The second kappa shape index (κ2) is 3.59. The fraction of sp³-hybridized carbons (Fsp3) is 0.667. The first kappa shape index (κ1) is 9.49. The molecule has 2 heterocycles. The Morgan fingerprint density at radius 3 is 3.08 bits per heavy atom. The summed E-state index contributed by atoms with van der Waals surface area (Å²) < 4.78 is 0. The molecule has 1 aromatic rings. The van der Waals surface area contributed by atoms with E-state index in [9.17, 15) is 0 Å². The number of hydrogen-bond donors (Lipinski definition) is 1. The SMILES string of the molecule is CC1(c2ncc(CN)s2)CCSC1. The number of thioether (sulfide) groups is 1. The molecule has 0 amide bonds. The zero-order chi connectivity index (χ0) is 9.31. The number of nitrogens with zero attached hydrogens (tertiary/aromatic N) is 1. The summed E-state index contributed by atoms with van der Waals surface area (Å²) in [5.41, 5.74) is 5.89. The summed E-state index contributed by atoms with van der Waals surface area (Å²) in [6.45, 7) is 2.94. The fourth-order valence-corrected chi connectivity index (χ4v) is 4.04. The maximum atomic E-state index is 5.57. The molecule has 1 aliphatic heterocycles. The molecule has 0 radical (unpaired) electrons. The molecule has 1 saturated heterocycles. The van der Waals surface area contributed by atoms with Crippen LogP contribution in [-0.2, 0) is 12.0 Å². The van der Waals surface area contributed by atoms with Crippen molar-refractivity contribution in [1.82, 2.24) is 4.98 Å². The highest BCUT2D eigenvalue weighted by Gasteiger charge is 2.33. The summed E-state index contributed by atoms with van der Waals surface area (Å²) in [4.78, 5) is 5.67. The van der Waals surface area contributed by atoms with Crippen molar-refractivity contribution in [2.24, 2.45) is 5.73 Å². The summed E-state index contributed by atoms with van der Waals surface area (Å²) in [7, 11) is 0. The lowest BCUT2D eigenvalue weighted by Crippen LogP contribution is -2.20. The van der Waals surface area contributed by atoms with Crippen molar-refractivity contribution in [3.05, 3.63) is 16.1 Å². The zero-order valence-electron chi connectivity index (χ0n) is 7.75. The molecule has 2 rings (SSSR count). The minimum atomic E-state index is 0.322. The van der Waals surface area contributed by atoms with Crippen LogP contribution in [0, 0.1) is 0 Å². The van der Waals surface area contributed by atoms with Gasteiger partial charge in [0.2, 0.25) is 0 Å². The van der Waals surface area contributed by atoms with Gasteiger partial charge in [-0.1, -0.05) is 6.92 Å².